The first-order chi connectivity index (χ1) is 11.3. The summed E-state index contributed by atoms with van der Waals surface area (Å²) < 4.78 is 0. The molecule has 0 unspecified atom stereocenters. The molecule has 2 saturated heterocycles. The molecule has 1 aromatic rings. The Morgan fingerprint density at radius 1 is 1.30 bits per heavy atom. The molecule has 126 valence electrons. The fraction of sp³-hybridized carbons (Fsp3) is 0.722. The summed E-state index contributed by atoms with van der Waals surface area (Å²) in [5.41, 5.74) is 0.347. The molecule has 3 fully saturated rings. The zero-order chi connectivity index (χ0) is 15.7. The number of thiophene rings is 1. The molecule has 1 aromatic heterocycles. The minimum atomic E-state index is 0.284. The number of piperidine rings is 1. The number of likely N-dealkylation sites (tertiary alicyclic amines) is 1. The van der Waals surface area contributed by atoms with E-state index in [1.807, 2.05) is 6.07 Å². The van der Waals surface area contributed by atoms with Gasteiger partial charge < -0.3 is 10.2 Å². The third kappa shape index (κ3) is 3.47. The van der Waals surface area contributed by atoms with Crippen molar-refractivity contribution in [3.05, 3.63) is 22.4 Å². The highest BCUT2D eigenvalue weighted by atomic mass is 32.2. The number of nitrogens with one attached hydrogen (secondary N) is 1. The second kappa shape index (κ2) is 6.77. The van der Waals surface area contributed by atoms with Crippen LogP contribution in [-0.4, -0.2) is 41.4 Å². The summed E-state index contributed by atoms with van der Waals surface area (Å²) in [6.45, 7) is 3.13. The smallest absolute Gasteiger partial charge is 0.223 e. The van der Waals surface area contributed by atoms with E-state index in [2.05, 4.69) is 33.4 Å². The maximum Gasteiger partial charge on any atom is 0.223 e. The van der Waals surface area contributed by atoms with Crippen LogP contribution in [0.15, 0.2) is 17.5 Å². The number of hydrogen-bond acceptors (Lipinski definition) is 4. The van der Waals surface area contributed by atoms with Gasteiger partial charge in [-0.3, -0.25) is 4.79 Å². The van der Waals surface area contributed by atoms with Crippen LogP contribution in [-0.2, 0) is 11.3 Å². The molecular weight excluding hydrogens is 324 g/mol. The molecule has 23 heavy (non-hydrogen) atoms. The largest absolute Gasteiger partial charge is 0.351 e. The minimum Gasteiger partial charge on any atom is -0.351 e. The van der Waals surface area contributed by atoms with Gasteiger partial charge in [0.1, 0.15) is 0 Å². The Morgan fingerprint density at radius 2 is 2.09 bits per heavy atom. The summed E-state index contributed by atoms with van der Waals surface area (Å²) in [5, 5.41) is 5.22. The molecule has 3 aliphatic rings. The molecular formula is C18H26N2OS2. The van der Waals surface area contributed by atoms with E-state index >= 15 is 0 Å². The number of nitrogens with zero attached hydrogens (tertiary/aromatic N) is 1. The van der Waals surface area contributed by atoms with Crippen LogP contribution in [0.25, 0.3) is 0 Å². The van der Waals surface area contributed by atoms with Gasteiger partial charge in [-0.15, -0.1) is 11.3 Å². The Kier molecular flexibility index (Phi) is 4.70. The lowest BCUT2D eigenvalue weighted by molar-refractivity contribution is -0.123. The van der Waals surface area contributed by atoms with Gasteiger partial charge in [0.2, 0.25) is 5.91 Å². The van der Waals surface area contributed by atoms with E-state index in [9.17, 15) is 4.79 Å². The summed E-state index contributed by atoms with van der Waals surface area (Å²) in [7, 11) is 0. The Morgan fingerprint density at radius 3 is 2.78 bits per heavy atom. The van der Waals surface area contributed by atoms with E-state index in [0.29, 0.717) is 17.9 Å². The van der Waals surface area contributed by atoms with Crippen molar-refractivity contribution in [1.82, 2.24) is 10.2 Å². The molecule has 4 rings (SSSR count). The number of thioether (sulfide) groups is 1. The number of carbonyl (C=O) groups is 1. The van der Waals surface area contributed by atoms with Crippen LogP contribution >= 0.6 is 23.1 Å². The topological polar surface area (TPSA) is 32.3 Å². The lowest BCUT2D eigenvalue weighted by atomic mass is 9.89. The van der Waals surface area contributed by atoms with Crippen molar-refractivity contribution in [3.8, 4) is 0 Å². The molecule has 1 spiro atoms. The molecule has 1 amide bonds. The van der Waals surface area contributed by atoms with Crippen LogP contribution in [0.5, 0.6) is 0 Å². The lowest BCUT2D eigenvalue weighted by Gasteiger charge is -2.39. The third-order valence-corrected chi connectivity index (χ3v) is 7.95. The first kappa shape index (κ1) is 16.0. The van der Waals surface area contributed by atoms with Crippen molar-refractivity contribution in [2.75, 3.05) is 24.6 Å². The summed E-state index contributed by atoms with van der Waals surface area (Å²) in [5.74, 6) is 3.24. The van der Waals surface area contributed by atoms with E-state index < -0.39 is 0 Å². The molecule has 3 heterocycles. The second-order valence-electron chi connectivity index (χ2n) is 7.30. The number of amides is 1. The molecule has 2 aliphatic heterocycles. The molecule has 0 radical (unpaired) electrons. The van der Waals surface area contributed by atoms with Crippen LogP contribution in [0, 0.1) is 11.3 Å². The van der Waals surface area contributed by atoms with E-state index in [1.54, 1.807) is 11.3 Å². The first-order valence-corrected chi connectivity index (χ1v) is 10.9. The number of rotatable bonds is 4. The highest BCUT2D eigenvalue weighted by Crippen LogP contribution is 2.59. The van der Waals surface area contributed by atoms with Crippen molar-refractivity contribution in [3.63, 3.8) is 0 Å². The molecule has 0 bridgehead atoms. The Labute approximate surface area is 147 Å². The highest BCUT2D eigenvalue weighted by molar-refractivity contribution is 7.99. The molecule has 1 N–H and O–H groups in total. The highest BCUT2D eigenvalue weighted by Gasteiger charge is 2.58. The summed E-state index contributed by atoms with van der Waals surface area (Å²) in [4.78, 5) is 16.4. The van der Waals surface area contributed by atoms with Crippen molar-refractivity contribution in [2.24, 2.45) is 11.3 Å². The number of hydrogen-bond donors (Lipinski definition) is 1. The van der Waals surface area contributed by atoms with E-state index in [-0.39, 0.29) is 5.92 Å². The zero-order valence-corrected chi connectivity index (χ0v) is 15.3. The lowest BCUT2D eigenvalue weighted by Crippen LogP contribution is -2.44. The minimum absolute atomic E-state index is 0.284. The fourth-order valence-corrected chi connectivity index (χ4v) is 6.09. The van der Waals surface area contributed by atoms with Crippen molar-refractivity contribution in [2.45, 2.75) is 44.7 Å². The third-order valence-electron chi connectivity index (χ3n) is 6.02. The van der Waals surface area contributed by atoms with Gasteiger partial charge in [-0.25, -0.2) is 0 Å². The van der Waals surface area contributed by atoms with Gasteiger partial charge in [0.05, 0.1) is 6.54 Å². The van der Waals surface area contributed by atoms with Gasteiger partial charge in [-0.1, -0.05) is 6.07 Å². The van der Waals surface area contributed by atoms with Gasteiger partial charge in [0.25, 0.3) is 0 Å². The maximum absolute atomic E-state index is 12.4. The van der Waals surface area contributed by atoms with Gasteiger partial charge in [-0.05, 0) is 73.6 Å². The Hall–Kier alpha value is -0.520. The van der Waals surface area contributed by atoms with Crippen LogP contribution in [0.3, 0.4) is 0 Å². The number of carbonyl (C=O) groups excluding carboxylic acids is 1. The van der Waals surface area contributed by atoms with E-state index in [0.717, 1.165) is 12.5 Å². The van der Waals surface area contributed by atoms with Gasteiger partial charge >= 0.3 is 0 Å². The predicted octanol–water partition coefficient (Wildman–Crippen LogP) is 3.36. The summed E-state index contributed by atoms with van der Waals surface area (Å²) in [6.07, 6.45) is 6.31. The first-order valence-electron chi connectivity index (χ1n) is 8.89. The molecule has 5 heteroatoms. The van der Waals surface area contributed by atoms with Gasteiger partial charge in [-0.2, -0.15) is 11.8 Å². The Balaban J connectivity index is 1.25. The normalized spacial score (nSPS) is 27.9. The molecule has 1 atom stereocenters. The standard InChI is InChI=1S/C18H26N2OS2/c21-17(19-13-15-2-1-9-23-15)16-12-18(16)5-7-20(8-6-18)14-3-10-22-11-4-14/h1-2,9,14,16H,3-8,10-13H2,(H,19,21)/t16-/m0/s1. The van der Waals surface area contributed by atoms with E-state index in [1.165, 1.54) is 55.2 Å². The van der Waals surface area contributed by atoms with Crippen molar-refractivity contribution >= 4 is 29.0 Å². The average Bonchev–Trinajstić information content (AvgIpc) is 3.05. The summed E-state index contributed by atoms with van der Waals surface area (Å²) >= 11 is 3.82. The van der Waals surface area contributed by atoms with Crippen LogP contribution in [0.2, 0.25) is 0 Å². The molecule has 0 aromatic carbocycles. The van der Waals surface area contributed by atoms with Crippen LogP contribution in [0.4, 0.5) is 0 Å². The Bertz CT molecular complexity index is 531. The molecule has 3 nitrogen and oxygen atoms in total. The maximum atomic E-state index is 12.4. The van der Waals surface area contributed by atoms with Gasteiger partial charge in [0, 0.05) is 16.8 Å². The predicted molar refractivity (Wildman–Crippen MR) is 97.9 cm³/mol. The average molecular weight is 351 g/mol. The SMILES string of the molecule is O=C(NCc1cccs1)[C@@H]1CC12CCN(C1CCSCC1)CC2. The molecule has 1 saturated carbocycles. The zero-order valence-electron chi connectivity index (χ0n) is 13.6. The van der Waals surface area contributed by atoms with Crippen LogP contribution < -0.4 is 5.32 Å². The van der Waals surface area contributed by atoms with Crippen molar-refractivity contribution < 1.29 is 4.79 Å². The fourth-order valence-electron chi connectivity index (χ4n) is 4.37. The van der Waals surface area contributed by atoms with Crippen LogP contribution in [0.1, 0.15) is 37.0 Å². The van der Waals surface area contributed by atoms with Gasteiger partial charge in [0.15, 0.2) is 0 Å². The van der Waals surface area contributed by atoms with Crippen molar-refractivity contribution in [1.29, 1.82) is 0 Å². The summed E-state index contributed by atoms with van der Waals surface area (Å²) in [6, 6.07) is 4.96. The van der Waals surface area contributed by atoms with E-state index in [4.69, 9.17) is 0 Å². The monoisotopic (exact) mass is 350 g/mol. The quantitative estimate of drug-likeness (QED) is 0.904. The molecule has 1 aliphatic carbocycles. The second-order valence-corrected chi connectivity index (χ2v) is 9.55.